The standard InChI is InChI=1S/C12H8Br2ClNO2S/c13-8-1-6-11(14)12(7-8)19(17,18)16-10-4-2-9(15)3-5-10/h1-7,16H. The van der Waals surface area contributed by atoms with E-state index in [1.165, 1.54) is 6.07 Å². The highest BCUT2D eigenvalue weighted by atomic mass is 79.9. The number of halogens is 3. The lowest BCUT2D eigenvalue weighted by atomic mass is 10.3. The van der Waals surface area contributed by atoms with Crippen molar-refractivity contribution in [1.82, 2.24) is 0 Å². The van der Waals surface area contributed by atoms with Gasteiger partial charge >= 0.3 is 0 Å². The van der Waals surface area contributed by atoms with Crippen LogP contribution in [0, 0.1) is 0 Å². The van der Waals surface area contributed by atoms with Gasteiger partial charge in [-0.2, -0.15) is 0 Å². The van der Waals surface area contributed by atoms with Gasteiger partial charge in [0.2, 0.25) is 0 Å². The number of rotatable bonds is 3. The molecule has 0 unspecified atom stereocenters. The summed E-state index contributed by atoms with van der Waals surface area (Å²) in [4.78, 5) is 0.164. The monoisotopic (exact) mass is 423 g/mol. The Balaban J connectivity index is 2.37. The van der Waals surface area contributed by atoms with E-state index in [1.54, 1.807) is 36.4 Å². The van der Waals surface area contributed by atoms with E-state index in [4.69, 9.17) is 11.6 Å². The zero-order valence-corrected chi connectivity index (χ0v) is 14.1. The van der Waals surface area contributed by atoms with Crippen molar-refractivity contribution in [3.8, 4) is 0 Å². The summed E-state index contributed by atoms with van der Waals surface area (Å²) >= 11 is 12.2. The molecule has 0 atom stereocenters. The second-order valence-corrected chi connectivity index (χ2v) is 7.54. The molecule has 0 amide bonds. The van der Waals surface area contributed by atoms with Crippen LogP contribution in [0.1, 0.15) is 0 Å². The molecule has 2 rings (SSSR count). The van der Waals surface area contributed by atoms with Gasteiger partial charge in [-0.1, -0.05) is 27.5 Å². The molecular formula is C12H8Br2ClNO2S. The summed E-state index contributed by atoms with van der Waals surface area (Å²) in [6, 6.07) is 11.4. The second-order valence-electron chi connectivity index (χ2n) is 3.69. The Hall–Kier alpha value is -0.560. The van der Waals surface area contributed by atoms with Crippen LogP contribution in [0.5, 0.6) is 0 Å². The zero-order chi connectivity index (χ0) is 14.0. The van der Waals surface area contributed by atoms with Crippen LogP contribution >= 0.6 is 43.5 Å². The normalized spacial score (nSPS) is 11.3. The average molecular weight is 426 g/mol. The Morgan fingerprint density at radius 3 is 2.26 bits per heavy atom. The van der Waals surface area contributed by atoms with E-state index in [0.717, 1.165) is 0 Å². The summed E-state index contributed by atoms with van der Waals surface area (Å²) in [7, 11) is -3.65. The van der Waals surface area contributed by atoms with Crippen LogP contribution in [0.4, 0.5) is 5.69 Å². The predicted molar refractivity (Wildman–Crippen MR) is 84.1 cm³/mol. The maximum absolute atomic E-state index is 12.3. The fourth-order valence-corrected chi connectivity index (χ4v) is 4.10. The van der Waals surface area contributed by atoms with Crippen LogP contribution in [0.3, 0.4) is 0 Å². The quantitative estimate of drug-likeness (QED) is 0.777. The Kier molecular flexibility index (Phi) is 4.55. The molecule has 0 aliphatic carbocycles. The second kappa shape index (κ2) is 5.83. The van der Waals surface area contributed by atoms with Gasteiger partial charge in [-0.25, -0.2) is 8.42 Å². The number of hydrogen-bond acceptors (Lipinski definition) is 2. The van der Waals surface area contributed by atoms with E-state index in [0.29, 0.717) is 19.7 Å². The summed E-state index contributed by atoms with van der Waals surface area (Å²) in [6.07, 6.45) is 0. The smallest absolute Gasteiger partial charge is 0.263 e. The Morgan fingerprint density at radius 2 is 1.63 bits per heavy atom. The largest absolute Gasteiger partial charge is 0.280 e. The first-order valence-corrected chi connectivity index (χ1v) is 8.57. The average Bonchev–Trinajstić information content (AvgIpc) is 2.35. The fourth-order valence-electron chi connectivity index (χ4n) is 1.41. The van der Waals surface area contributed by atoms with Crippen molar-refractivity contribution in [1.29, 1.82) is 0 Å². The highest BCUT2D eigenvalue weighted by Gasteiger charge is 2.18. The van der Waals surface area contributed by atoms with Crippen molar-refractivity contribution < 1.29 is 8.42 Å². The van der Waals surface area contributed by atoms with Crippen molar-refractivity contribution in [2.24, 2.45) is 0 Å². The van der Waals surface area contributed by atoms with Crippen molar-refractivity contribution in [3.05, 3.63) is 56.4 Å². The van der Waals surface area contributed by atoms with Crippen LogP contribution < -0.4 is 4.72 Å². The van der Waals surface area contributed by atoms with Gasteiger partial charge in [-0.15, -0.1) is 0 Å². The molecule has 0 aliphatic heterocycles. The Morgan fingerprint density at radius 1 is 1.00 bits per heavy atom. The summed E-state index contributed by atoms with van der Waals surface area (Å²) in [5, 5.41) is 0.548. The molecule has 2 aromatic rings. The Labute approximate surface area is 133 Å². The molecule has 7 heteroatoms. The van der Waals surface area contributed by atoms with Crippen molar-refractivity contribution in [2.45, 2.75) is 4.90 Å². The van der Waals surface area contributed by atoms with Gasteiger partial charge in [0, 0.05) is 19.7 Å². The van der Waals surface area contributed by atoms with Gasteiger partial charge in [0.25, 0.3) is 10.0 Å². The minimum Gasteiger partial charge on any atom is -0.280 e. The number of benzene rings is 2. The van der Waals surface area contributed by atoms with E-state index in [-0.39, 0.29) is 4.90 Å². The van der Waals surface area contributed by atoms with E-state index >= 15 is 0 Å². The van der Waals surface area contributed by atoms with Gasteiger partial charge in [0.05, 0.1) is 0 Å². The molecule has 0 saturated heterocycles. The summed E-state index contributed by atoms with van der Waals surface area (Å²) in [5.41, 5.74) is 0.455. The summed E-state index contributed by atoms with van der Waals surface area (Å²) < 4.78 is 28.2. The van der Waals surface area contributed by atoms with Crippen molar-refractivity contribution in [3.63, 3.8) is 0 Å². The topological polar surface area (TPSA) is 46.2 Å². The molecule has 0 aromatic heterocycles. The van der Waals surface area contributed by atoms with E-state index in [2.05, 4.69) is 36.6 Å². The highest BCUT2D eigenvalue weighted by molar-refractivity contribution is 9.11. The van der Waals surface area contributed by atoms with Gasteiger partial charge < -0.3 is 0 Å². The first-order valence-electron chi connectivity index (χ1n) is 5.12. The van der Waals surface area contributed by atoms with E-state index in [1.807, 2.05) is 0 Å². The molecule has 0 spiro atoms. The number of anilines is 1. The van der Waals surface area contributed by atoms with E-state index in [9.17, 15) is 8.42 Å². The molecule has 0 bridgehead atoms. The van der Waals surface area contributed by atoms with Crippen molar-refractivity contribution >= 4 is 59.2 Å². The molecule has 2 aromatic carbocycles. The molecule has 1 N–H and O–H groups in total. The molecule has 19 heavy (non-hydrogen) atoms. The molecular weight excluding hydrogens is 417 g/mol. The summed E-state index contributed by atoms with van der Waals surface area (Å²) in [5.74, 6) is 0. The fraction of sp³-hybridized carbons (Fsp3) is 0. The summed E-state index contributed by atoms with van der Waals surface area (Å²) in [6.45, 7) is 0. The predicted octanol–water partition coefficient (Wildman–Crippen LogP) is 4.67. The van der Waals surface area contributed by atoms with Crippen LogP contribution in [0.2, 0.25) is 5.02 Å². The van der Waals surface area contributed by atoms with Crippen LogP contribution in [0.15, 0.2) is 56.3 Å². The van der Waals surface area contributed by atoms with Crippen molar-refractivity contribution in [2.75, 3.05) is 4.72 Å². The van der Waals surface area contributed by atoms with Crippen LogP contribution in [-0.2, 0) is 10.0 Å². The molecule has 0 saturated carbocycles. The third-order valence-corrected chi connectivity index (χ3v) is 5.40. The lowest BCUT2D eigenvalue weighted by Crippen LogP contribution is -2.13. The van der Waals surface area contributed by atoms with Gasteiger partial charge in [0.15, 0.2) is 0 Å². The molecule has 100 valence electrons. The first-order chi connectivity index (χ1) is 8.88. The Bertz CT molecular complexity index is 702. The number of nitrogens with one attached hydrogen (secondary N) is 1. The number of sulfonamides is 1. The third-order valence-electron chi connectivity index (χ3n) is 2.28. The van der Waals surface area contributed by atoms with Crippen LogP contribution in [-0.4, -0.2) is 8.42 Å². The lowest BCUT2D eigenvalue weighted by Gasteiger charge is -2.10. The highest BCUT2D eigenvalue weighted by Crippen LogP contribution is 2.27. The maximum atomic E-state index is 12.3. The minimum absolute atomic E-state index is 0.164. The van der Waals surface area contributed by atoms with Gasteiger partial charge in [-0.3, -0.25) is 4.72 Å². The van der Waals surface area contributed by atoms with E-state index < -0.39 is 10.0 Å². The van der Waals surface area contributed by atoms with Crippen LogP contribution in [0.25, 0.3) is 0 Å². The molecule has 0 heterocycles. The minimum atomic E-state index is -3.65. The SMILES string of the molecule is O=S(=O)(Nc1ccc(Cl)cc1)c1cc(Br)ccc1Br. The molecule has 0 fully saturated rings. The maximum Gasteiger partial charge on any atom is 0.263 e. The first kappa shape index (κ1) is 14.8. The number of hydrogen-bond donors (Lipinski definition) is 1. The van der Waals surface area contributed by atoms with Gasteiger partial charge in [-0.05, 0) is 58.4 Å². The third kappa shape index (κ3) is 3.72. The van der Waals surface area contributed by atoms with Gasteiger partial charge in [0.1, 0.15) is 4.90 Å². The lowest BCUT2D eigenvalue weighted by molar-refractivity contribution is 0.600. The molecule has 0 aliphatic rings. The molecule has 0 radical (unpaired) electrons. The zero-order valence-electron chi connectivity index (χ0n) is 9.40. The molecule has 3 nitrogen and oxygen atoms in total.